The summed E-state index contributed by atoms with van der Waals surface area (Å²) in [6, 6.07) is 1.25. The summed E-state index contributed by atoms with van der Waals surface area (Å²) < 4.78 is 51.3. The third-order valence-corrected chi connectivity index (χ3v) is 7.50. The molecule has 2 rings (SSSR count). The molecule has 1 aromatic rings. The maximum atomic E-state index is 11.8. The molecule has 166 valence electrons. The minimum absolute atomic E-state index is 0.0850. The monoisotopic (exact) mass is 501 g/mol. The molecule has 0 bridgehead atoms. The lowest BCUT2D eigenvalue weighted by Crippen LogP contribution is -2.32. The van der Waals surface area contributed by atoms with E-state index >= 15 is 0 Å². The van der Waals surface area contributed by atoms with E-state index in [4.69, 9.17) is 36.8 Å². The van der Waals surface area contributed by atoms with Gasteiger partial charge in [-0.05, 0) is 6.07 Å². The predicted octanol–water partition coefficient (Wildman–Crippen LogP) is -0.618. The Hall–Kier alpha value is -0.700. The zero-order chi connectivity index (χ0) is 22.2. The van der Waals surface area contributed by atoms with Crippen LogP contribution in [0.5, 0.6) is 0 Å². The number of nitrogen functional groups attached to an aromatic ring is 1. The second kappa shape index (κ2) is 8.81. The molecule has 0 aliphatic carbocycles. The predicted molar refractivity (Wildman–Crippen MR) is 92.0 cm³/mol. The molecule has 1 fully saturated rings. The van der Waals surface area contributed by atoms with Crippen LogP contribution in [-0.2, 0) is 31.6 Å². The Bertz CT molecular complexity index is 951. The van der Waals surface area contributed by atoms with Gasteiger partial charge in [-0.2, -0.15) is 13.6 Å². The first-order valence-corrected chi connectivity index (χ1v) is 12.2. The molecule has 0 aromatic carbocycles. The minimum atomic E-state index is -5.72. The van der Waals surface area contributed by atoms with Crippen molar-refractivity contribution in [3.63, 3.8) is 0 Å². The highest BCUT2D eigenvalue weighted by molar-refractivity contribution is 7.66. The van der Waals surface area contributed by atoms with Gasteiger partial charge in [-0.15, -0.1) is 0 Å². The number of aliphatic hydroxyl groups is 1. The lowest BCUT2D eigenvalue weighted by Gasteiger charge is -2.22. The standard InChI is InChI=1S/C9H15ClN3O13P3/c10-7(24-28(19,20)26-29(21,22)25-27(16,17)18)5-3-4(14)8(23-5)13-2-1-6(11)12-9(13)15/h1-2,4-5,7-8,14H,3H2,(H,19,20)(H,21,22)(H2,11,12,15)(H2,16,17,18)/t4-,5+,7?,8-/m1/s1. The Morgan fingerprint density at radius 3 is 2.41 bits per heavy atom. The van der Waals surface area contributed by atoms with Crippen molar-refractivity contribution < 1.29 is 56.3 Å². The average Bonchev–Trinajstić information content (AvgIpc) is 2.84. The molecular weight excluding hydrogens is 486 g/mol. The Balaban J connectivity index is 2.06. The third kappa shape index (κ3) is 7.19. The first kappa shape index (κ1) is 24.6. The van der Waals surface area contributed by atoms with Crippen LogP contribution in [0.4, 0.5) is 5.82 Å². The summed E-state index contributed by atoms with van der Waals surface area (Å²) in [5, 5.41) is 10.1. The summed E-state index contributed by atoms with van der Waals surface area (Å²) in [5.41, 5.74) is 2.61. The molecule has 7 N–H and O–H groups in total. The molecule has 16 nitrogen and oxygen atoms in total. The van der Waals surface area contributed by atoms with Crippen LogP contribution in [0.25, 0.3) is 0 Å². The molecule has 0 amide bonds. The second-order valence-electron chi connectivity index (χ2n) is 5.46. The van der Waals surface area contributed by atoms with Crippen LogP contribution < -0.4 is 11.4 Å². The molecule has 0 saturated carbocycles. The van der Waals surface area contributed by atoms with Gasteiger partial charge in [0.25, 0.3) is 0 Å². The Morgan fingerprint density at radius 2 is 1.86 bits per heavy atom. The maximum absolute atomic E-state index is 11.8. The molecule has 3 unspecified atom stereocenters. The van der Waals surface area contributed by atoms with Gasteiger partial charge in [0.1, 0.15) is 18.0 Å². The molecule has 1 aliphatic rings. The second-order valence-corrected chi connectivity index (χ2v) is 10.3. The smallest absolute Gasteiger partial charge is 0.388 e. The van der Waals surface area contributed by atoms with Crippen molar-refractivity contribution in [1.82, 2.24) is 9.55 Å². The number of phosphoric ester groups is 1. The van der Waals surface area contributed by atoms with Crippen LogP contribution in [0.1, 0.15) is 12.6 Å². The van der Waals surface area contributed by atoms with Crippen molar-refractivity contribution in [2.45, 2.75) is 30.4 Å². The van der Waals surface area contributed by atoms with Crippen molar-refractivity contribution >= 4 is 40.9 Å². The third-order valence-electron chi connectivity index (χ3n) is 3.18. The van der Waals surface area contributed by atoms with Crippen LogP contribution >= 0.6 is 35.1 Å². The van der Waals surface area contributed by atoms with Crippen molar-refractivity contribution in [1.29, 1.82) is 0 Å². The van der Waals surface area contributed by atoms with Gasteiger partial charge in [0.2, 0.25) is 0 Å². The normalized spacial score (nSPS) is 27.9. The number of nitrogens with zero attached hydrogens (tertiary/aromatic N) is 2. The van der Waals surface area contributed by atoms with Crippen molar-refractivity contribution in [3.05, 3.63) is 22.7 Å². The number of alkyl halides is 1. The van der Waals surface area contributed by atoms with E-state index in [9.17, 15) is 28.5 Å². The fraction of sp³-hybridized carbons (Fsp3) is 0.556. The number of phosphoric acid groups is 3. The highest BCUT2D eigenvalue weighted by atomic mass is 35.5. The number of hydrogen-bond donors (Lipinski definition) is 6. The number of aliphatic hydroxyl groups excluding tert-OH is 1. The fourth-order valence-corrected chi connectivity index (χ4v) is 5.73. The van der Waals surface area contributed by atoms with E-state index in [0.29, 0.717) is 0 Å². The highest BCUT2D eigenvalue weighted by Gasteiger charge is 2.45. The van der Waals surface area contributed by atoms with Crippen molar-refractivity contribution in [2.75, 3.05) is 5.73 Å². The molecule has 0 radical (unpaired) electrons. The van der Waals surface area contributed by atoms with Gasteiger partial charge in [0.15, 0.2) is 11.8 Å². The van der Waals surface area contributed by atoms with E-state index in [1.165, 1.54) is 12.3 Å². The molecule has 1 aromatic heterocycles. The van der Waals surface area contributed by atoms with Crippen molar-refractivity contribution in [2.24, 2.45) is 0 Å². The minimum Gasteiger partial charge on any atom is -0.388 e. The van der Waals surface area contributed by atoms with Gasteiger partial charge in [-0.1, -0.05) is 11.6 Å². The molecule has 1 saturated heterocycles. The lowest BCUT2D eigenvalue weighted by atomic mass is 10.2. The first-order chi connectivity index (χ1) is 13.1. The maximum Gasteiger partial charge on any atom is 0.490 e. The van der Waals surface area contributed by atoms with Crippen LogP contribution in [0.15, 0.2) is 17.1 Å². The van der Waals surface area contributed by atoms with E-state index in [2.05, 4.69) is 18.1 Å². The molecule has 20 heteroatoms. The lowest BCUT2D eigenvalue weighted by molar-refractivity contribution is -0.0596. The first-order valence-electron chi connectivity index (χ1n) is 7.23. The zero-order valence-electron chi connectivity index (χ0n) is 13.9. The summed E-state index contributed by atoms with van der Waals surface area (Å²) >= 11 is 5.76. The van der Waals surface area contributed by atoms with E-state index in [1.807, 2.05) is 0 Å². The van der Waals surface area contributed by atoms with Crippen molar-refractivity contribution in [3.8, 4) is 0 Å². The number of nitrogens with two attached hydrogens (primary N) is 1. The van der Waals surface area contributed by atoms with Crippen LogP contribution in [0.2, 0.25) is 0 Å². The number of anilines is 1. The molecule has 0 spiro atoms. The van der Waals surface area contributed by atoms with Crippen LogP contribution in [0, 0.1) is 0 Å². The van der Waals surface area contributed by atoms with E-state index in [0.717, 1.165) is 4.57 Å². The van der Waals surface area contributed by atoms with Gasteiger partial charge >= 0.3 is 29.2 Å². The largest absolute Gasteiger partial charge is 0.490 e. The Kier molecular flexibility index (Phi) is 7.46. The van der Waals surface area contributed by atoms with Crippen LogP contribution in [0.3, 0.4) is 0 Å². The van der Waals surface area contributed by atoms with Gasteiger partial charge < -0.3 is 35.2 Å². The summed E-state index contributed by atoms with van der Waals surface area (Å²) in [6.45, 7) is 0. The number of rotatable bonds is 8. The number of hydrogen-bond acceptors (Lipinski definition) is 11. The Morgan fingerprint density at radius 1 is 1.24 bits per heavy atom. The molecule has 29 heavy (non-hydrogen) atoms. The SMILES string of the molecule is Nc1ccn([C@@H]2O[C@H](C(Cl)OP(=O)(O)OP(=O)(O)OP(=O)(O)O)C[C@H]2O)c(=O)n1. The van der Waals surface area contributed by atoms with Crippen LogP contribution in [-0.4, -0.2) is 52.0 Å². The highest BCUT2D eigenvalue weighted by Crippen LogP contribution is 2.66. The topological polar surface area (TPSA) is 250 Å². The average molecular weight is 502 g/mol. The van der Waals surface area contributed by atoms with Gasteiger partial charge in [0, 0.05) is 12.6 Å². The van der Waals surface area contributed by atoms with E-state index < -0.39 is 53.2 Å². The van der Waals surface area contributed by atoms with Gasteiger partial charge in [0.05, 0.1) is 0 Å². The summed E-state index contributed by atoms with van der Waals surface area (Å²) in [5.74, 6) is -0.0850. The Labute approximate surface area is 166 Å². The van der Waals surface area contributed by atoms with E-state index in [-0.39, 0.29) is 12.2 Å². The number of halogens is 1. The molecular formula is C9H15ClN3O13P3. The fourth-order valence-electron chi connectivity index (χ4n) is 2.21. The number of ether oxygens (including phenoxy) is 1. The quantitative estimate of drug-likeness (QED) is 0.192. The molecule has 6 atom stereocenters. The van der Waals surface area contributed by atoms with E-state index in [1.54, 1.807) is 0 Å². The van der Waals surface area contributed by atoms with Gasteiger partial charge in [-0.25, -0.2) is 18.5 Å². The molecule has 2 heterocycles. The number of aromatic nitrogens is 2. The summed E-state index contributed by atoms with van der Waals surface area (Å²) in [7, 11) is -16.8. The van der Waals surface area contributed by atoms with Gasteiger partial charge in [-0.3, -0.25) is 9.09 Å². The molecule has 1 aliphatic heterocycles. The summed E-state index contributed by atoms with van der Waals surface area (Å²) in [6.07, 6.45) is -3.12. The summed E-state index contributed by atoms with van der Waals surface area (Å²) in [4.78, 5) is 50.7. The zero-order valence-corrected chi connectivity index (χ0v) is 17.3.